The van der Waals surface area contributed by atoms with E-state index in [4.69, 9.17) is 10.5 Å². The molecule has 0 spiro atoms. The lowest BCUT2D eigenvalue weighted by Crippen LogP contribution is -2.17. The molecule has 2 N–H and O–H groups in total. The highest BCUT2D eigenvalue weighted by atomic mass is 16.5. The second-order valence-corrected chi connectivity index (χ2v) is 5.69. The summed E-state index contributed by atoms with van der Waals surface area (Å²) in [5.74, 6) is 0.922. The first kappa shape index (κ1) is 16.6. The Labute approximate surface area is 133 Å². The Hall–Kier alpha value is -1.81. The molecule has 0 saturated heterocycles. The zero-order valence-corrected chi connectivity index (χ0v) is 13.6. The number of nitrogens with two attached hydrogens (primary N) is 1. The van der Waals surface area contributed by atoms with Crippen molar-refractivity contribution in [3.8, 4) is 5.75 Å². The van der Waals surface area contributed by atoms with Crippen LogP contribution in [0.2, 0.25) is 0 Å². The summed E-state index contributed by atoms with van der Waals surface area (Å²) in [6.45, 7) is 5.12. The van der Waals surface area contributed by atoms with Crippen molar-refractivity contribution in [1.29, 1.82) is 0 Å². The van der Waals surface area contributed by atoms with Gasteiger partial charge in [0, 0.05) is 24.5 Å². The van der Waals surface area contributed by atoms with E-state index >= 15 is 0 Å². The topological polar surface area (TPSA) is 53.1 Å². The molecule has 4 heteroatoms. The quantitative estimate of drug-likeness (QED) is 0.709. The van der Waals surface area contributed by atoms with E-state index in [1.807, 2.05) is 30.9 Å². The minimum atomic E-state index is 0.0250. The predicted octanol–water partition coefficient (Wildman–Crippen LogP) is 4.10. The largest absolute Gasteiger partial charge is 0.494 e. The van der Waals surface area contributed by atoms with Crippen LogP contribution in [-0.2, 0) is 0 Å². The summed E-state index contributed by atoms with van der Waals surface area (Å²) in [5.41, 5.74) is 7.53. The Bertz CT molecular complexity index is 522. The van der Waals surface area contributed by atoms with Crippen molar-refractivity contribution in [1.82, 2.24) is 9.55 Å². The molecule has 0 bridgehead atoms. The van der Waals surface area contributed by atoms with E-state index in [0.29, 0.717) is 6.04 Å². The fourth-order valence-electron chi connectivity index (χ4n) is 2.56. The van der Waals surface area contributed by atoms with Crippen LogP contribution in [-0.4, -0.2) is 16.2 Å². The van der Waals surface area contributed by atoms with Crippen molar-refractivity contribution >= 4 is 0 Å². The molecule has 4 nitrogen and oxygen atoms in total. The molecule has 0 aliphatic carbocycles. The molecule has 2 aromatic rings. The molecule has 0 amide bonds. The van der Waals surface area contributed by atoms with Crippen molar-refractivity contribution < 1.29 is 4.74 Å². The summed E-state index contributed by atoms with van der Waals surface area (Å²) in [4.78, 5) is 4.12. The average Bonchev–Trinajstić information content (AvgIpc) is 3.07. The molecular weight excluding hydrogens is 274 g/mol. The third-order valence-electron chi connectivity index (χ3n) is 4.02. The lowest BCUT2D eigenvalue weighted by molar-refractivity contribution is 0.309. The first-order valence-electron chi connectivity index (χ1n) is 8.20. The van der Waals surface area contributed by atoms with Gasteiger partial charge < -0.3 is 15.0 Å². The van der Waals surface area contributed by atoms with Gasteiger partial charge in [-0.05, 0) is 37.0 Å². The van der Waals surface area contributed by atoms with Crippen molar-refractivity contribution in [2.45, 2.75) is 51.6 Å². The predicted molar refractivity (Wildman–Crippen MR) is 89.9 cm³/mol. The van der Waals surface area contributed by atoms with Crippen LogP contribution in [0.15, 0.2) is 43.0 Å². The molecule has 120 valence electrons. The van der Waals surface area contributed by atoms with Gasteiger partial charge in [-0.1, -0.05) is 32.4 Å². The van der Waals surface area contributed by atoms with Crippen LogP contribution in [0.3, 0.4) is 0 Å². The fourth-order valence-corrected chi connectivity index (χ4v) is 2.56. The number of unbranched alkanes of at least 4 members (excludes halogenated alkanes) is 1. The summed E-state index contributed by atoms with van der Waals surface area (Å²) >= 11 is 0. The van der Waals surface area contributed by atoms with Crippen molar-refractivity contribution in [2.75, 3.05) is 6.61 Å². The molecule has 0 fully saturated rings. The third-order valence-corrected chi connectivity index (χ3v) is 4.02. The normalized spacial score (nSPS) is 13.8. The Morgan fingerprint density at radius 1 is 1.23 bits per heavy atom. The Morgan fingerprint density at radius 2 is 2.00 bits per heavy atom. The van der Waals surface area contributed by atoms with Gasteiger partial charge in [-0.3, -0.25) is 0 Å². The Morgan fingerprint density at radius 3 is 2.59 bits per heavy atom. The number of ether oxygens (including phenoxy) is 1. The zero-order chi connectivity index (χ0) is 15.8. The minimum Gasteiger partial charge on any atom is -0.494 e. The molecular formula is C18H27N3O. The van der Waals surface area contributed by atoms with Crippen LogP contribution in [0.25, 0.3) is 0 Å². The molecule has 2 atom stereocenters. The van der Waals surface area contributed by atoms with Gasteiger partial charge in [-0.2, -0.15) is 0 Å². The highest BCUT2D eigenvalue weighted by Gasteiger charge is 2.14. The molecule has 2 unspecified atom stereocenters. The van der Waals surface area contributed by atoms with E-state index < -0.39 is 0 Å². The molecule has 0 radical (unpaired) electrons. The summed E-state index contributed by atoms with van der Waals surface area (Å²) in [6.07, 6.45) is 9.87. The molecule has 1 aromatic carbocycles. The standard InChI is InChI=1S/C18H27N3O/c1-3-5-12-22-17-8-6-15(7-9-17)18(19)13-16(4-2)21-11-10-20-14-21/h6-11,14,16,18H,3-5,12-13,19H2,1-2H3. The number of benzene rings is 1. The van der Waals surface area contributed by atoms with E-state index in [2.05, 4.69) is 35.5 Å². The van der Waals surface area contributed by atoms with Crippen LogP contribution in [0, 0.1) is 0 Å². The number of nitrogens with zero attached hydrogens (tertiary/aromatic N) is 2. The minimum absolute atomic E-state index is 0.0250. The maximum atomic E-state index is 6.37. The highest BCUT2D eigenvalue weighted by Crippen LogP contribution is 2.26. The first-order valence-corrected chi connectivity index (χ1v) is 8.20. The average molecular weight is 301 g/mol. The van der Waals surface area contributed by atoms with E-state index in [9.17, 15) is 0 Å². The number of rotatable bonds is 9. The fraction of sp³-hybridized carbons (Fsp3) is 0.500. The molecule has 22 heavy (non-hydrogen) atoms. The van der Waals surface area contributed by atoms with Crippen molar-refractivity contribution in [3.63, 3.8) is 0 Å². The van der Waals surface area contributed by atoms with Crippen LogP contribution in [0.1, 0.15) is 57.2 Å². The summed E-state index contributed by atoms with van der Waals surface area (Å²) in [7, 11) is 0. The summed E-state index contributed by atoms with van der Waals surface area (Å²) in [5, 5.41) is 0. The lowest BCUT2D eigenvalue weighted by atomic mass is 9.98. The highest BCUT2D eigenvalue weighted by molar-refractivity contribution is 5.29. The van der Waals surface area contributed by atoms with Gasteiger partial charge in [0.25, 0.3) is 0 Å². The van der Waals surface area contributed by atoms with E-state index in [0.717, 1.165) is 43.6 Å². The van der Waals surface area contributed by atoms with E-state index in [-0.39, 0.29) is 6.04 Å². The monoisotopic (exact) mass is 301 g/mol. The maximum Gasteiger partial charge on any atom is 0.119 e. The second-order valence-electron chi connectivity index (χ2n) is 5.69. The first-order chi connectivity index (χ1) is 10.7. The molecule has 1 aromatic heterocycles. The van der Waals surface area contributed by atoms with E-state index in [1.54, 1.807) is 0 Å². The van der Waals surface area contributed by atoms with Gasteiger partial charge in [-0.15, -0.1) is 0 Å². The van der Waals surface area contributed by atoms with Gasteiger partial charge in [-0.25, -0.2) is 4.98 Å². The van der Waals surface area contributed by atoms with Gasteiger partial charge in [0.1, 0.15) is 5.75 Å². The molecule has 0 saturated carbocycles. The van der Waals surface area contributed by atoms with Gasteiger partial charge in [0.05, 0.1) is 12.9 Å². The van der Waals surface area contributed by atoms with Crippen LogP contribution in [0.4, 0.5) is 0 Å². The summed E-state index contributed by atoms with van der Waals surface area (Å²) < 4.78 is 7.83. The Balaban J connectivity index is 1.92. The Kier molecular flexibility index (Phi) is 6.46. The number of aromatic nitrogens is 2. The summed E-state index contributed by atoms with van der Waals surface area (Å²) in [6, 6.07) is 8.60. The number of imidazole rings is 1. The van der Waals surface area contributed by atoms with Crippen molar-refractivity contribution in [2.24, 2.45) is 5.73 Å². The van der Waals surface area contributed by atoms with Crippen LogP contribution >= 0.6 is 0 Å². The molecule has 0 aliphatic rings. The molecule has 1 heterocycles. The van der Waals surface area contributed by atoms with E-state index in [1.165, 1.54) is 0 Å². The number of hydrogen-bond donors (Lipinski definition) is 1. The maximum absolute atomic E-state index is 6.37. The van der Waals surface area contributed by atoms with Crippen LogP contribution < -0.4 is 10.5 Å². The van der Waals surface area contributed by atoms with Gasteiger partial charge >= 0.3 is 0 Å². The SMILES string of the molecule is CCCCOc1ccc(C(N)CC(CC)n2ccnc2)cc1. The lowest BCUT2D eigenvalue weighted by Gasteiger charge is -2.21. The van der Waals surface area contributed by atoms with Crippen molar-refractivity contribution in [3.05, 3.63) is 48.5 Å². The zero-order valence-electron chi connectivity index (χ0n) is 13.6. The van der Waals surface area contributed by atoms with Crippen LogP contribution in [0.5, 0.6) is 5.75 Å². The van der Waals surface area contributed by atoms with Gasteiger partial charge in [0.2, 0.25) is 0 Å². The van der Waals surface area contributed by atoms with Gasteiger partial charge in [0.15, 0.2) is 0 Å². The number of hydrogen-bond acceptors (Lipinski definition) is 3. The smallest absolute Gasteiger partial charge is 0.119 e. The third kappa shape index (κ3) is 4.60. The molecule has 0 aliphatic heterocycles. The second kappa shape index (κ2) is 8.59. The molecule has 2 rings (SSSR count).